The van der Waals surface area contributed by atoms with E-state index in [2.05, 4.69) is 31.3 Å². The molecule has 0 saturated carbocycles. The van der Waals surface area contributed by atoms with Crippen molar-refractivity contribution in [2.45, 2.75) is 6.54 Å². The lowest BCUT2D eigenvalue weighted by Crippen LogP contribution is -2.03. The second kappa shape index (κ2) is 6.93. The predicted molar refractivity (Wildman–Crippen MR) is 103 cm³/mol. The Labute approximate surface area is 153 Å². The molecule has 0 fully saturated rings. The van der Waals surface area contributed by atoms with Crippen molar-refractivity contribution in [2.24, 2.45) is 0 Å². The number of aromatic nitrogens is 4. The van der Waals surface area contributed by atoms with E-state index in [-0.39, 0.29) is 0 Å². The Morgan fingerprint density at radius 1 is 1.12 bits per heavy atom. The van der Waals surface area contributed by atoms with E-state index in [0.717, 1.165) is 21.3 Å². The summed E-state index contributed by atoms with van der Waals surface area (Å²) < 4.78 is 6.44. The highest BCUT2D eigenvalue weighted by Crippen LogP contribution is 2.28. The molecule has 0 saturated heterocycles. The number of anilines is 2. The molecule has 0 bridgehead atoms. The Bertz CT molecular complexity index is 1060. The Balaban J connectivity index is 1.54. The van der Waals surface area contributed by atoms with Crippen molar-refractivity contribution >= 4 is 32.5 Å². The molecule has 0 aliphatic heterocycles. The van der Waals surface area contributed by atoms with E-state index in [9.17, 15) is 0 Å². The molecule has 130 valence electrons. The molecule has 0 amide bonds. The summed E-state index contributed by atoms with van der Waals surface area (Å²) in [6.07, 6.45) is 6.78. The highest BCUT2D eigenvalue weighted by molar-refractivity contribution is 7.22. The summed E-state index contributed by atoms with van der Waals surface area (Å²) in [6.45, 7) is 0.621. The fourth-order valence-electron chi connectivity index (χ4n) is 2.62. The number of thiazole rings is 1. The van der Waals surface area contributed by atoms with Crippen molar-refractivity contribution in [3.8, 4) is 17.0 Å². The molecular formula is C18H16N6OS. The predicted octanol–water partition coefficient (Wildman–Crippen LogP) is 3.35. The standard InChI is InChI=1S/C18H16N6OS/c1-25-15-4-5-20-8-12(15)14-9-21-10-17(23-14)22-7-11-2-3-13-16(6-11)26-18(19)24-13/h2-6,8-10H,7H2,1H3,(H2,19,24)(H,22,23). The zero-order chi connectivity index (χ0) is 17.9. The second-order valence-corrected chi connectivity index (χ2v) is 6.64. The topological polar surface area (TPSA) is 98.8 Å². The average molecular weight is 364 g/mol. The summed E-state index contributed by atoms with van der Waals surface area (Å²) in [5, 5.41) is 3.88. The van der Waals surface area contributed by atoms with Crippen LogP contribution in [-0.4, -0.2) is 27.0 Å². The normalized spacial score (nSPS) is 10.8. The lowest BCUT2D eigenvalue weighted by atomic mass is 10.2. The number of rotatable bonds is 5. The third-order valence-electron chi connectivity index (χ3n) is 3.85. The van der Waals surface area contributed by atoms with E-state index in [1.807, 2.05) is 12.1 Å². The third kappa shape index (κ3) is 3.27. The number of nitrogens with two attached hydrogens (primary N) is 1. The minimum Gasteiger partial charge on any atom is -0.496 e. The lowest BCUT2D eigenvalue weighted by molar-refractivity contribution is 0.415. The maximum Gasteiger partial charge on any atom is 0.181 e. The summed E-state index contributed by atoms with van der Waals surface area (Å²) in [5.41, 5.74) is 9.29. The molecule has 0 unspecified atom stereocenters. The maximum absolute atomic E-state index is 5.76. The van der Waals surface area contributed by atoms with Gasteiger partial charge in [0.25, 0.3) is 0 Å². The van der Waals surface area contributed by atoms with Gasteiger partial charge >= 0.3 is 0 Å². The smallest absolute Gasteiger partial charge is 0.181 e. The first-order chi connectivity index (χ1) is 12.7. The Hall–Kier alpha value is -3.26. The Kier molecular flexibility index (Phi) is 4.32. The summed E-state index contributed by atoms with van der Waals surface area (Å²) in [6, 6.07) is 7.88. The van der Waals surface area contributed by atoms with Gasteiger partial charge in [-0.15, -0.1) is 0 Å². The second-order valence-electron chi connectivity index (χ2n) is 5.57. The number of nitrogen functional groups attached to an aromatic ring is 1. The first-order valence-corrected chi connectivity index (χ1v) is 8.74. The van der Waals surface area contributed by atoms with Crippen LogP contribution in [0.15, 0.2) is 49.1 Å². The van der Waals surface area contributed by atoms with E-state index in [0.29, 0.717) is 28.9 Å². The summed E-state index contributed by atoms with van der Waals surface area (Å²) >= 11 is 1.48. The van der Waals surface area contributed by atoms with Crippen LogP contribution in [0.1, 0.15) is 5.56 Å². The first-order valence-electron chi connectivity index (χ1n) is 7.92. The van der Waals surface area contributed by atoms with Crippen LogP contribution >= 0.6 is 11.3 Å². The van der Waals surface area contributed by atoms with Gasteiger partial charge in [0.1, 0.15) is 11.6 Å². The van der Waals surface area contributed by atoms with Crippen molar-refractivity contribution in [1.82, 2.24) is 19.9 Å². The van der Waals surface area contributed by atoms with E-state index in [4.69, 9.17) is 10.5 Å². The molecule has 0 radical (unpaired) electrons. The number of nitrogens with zero attached hydrogens (tertiary/aromatic N) is 4. The van der Waals surface area contributed by atoms with Gasteiger partial charge in [0, 0.05) is 18.9 Å². The van der Waals surface area contributed by atoms with Crippen LogP contribution < -0.4 is 15.8 Å². The van der Waals surface area contributed by atoms with Gasteiger partial charge in [-0.1, -0.05) is 17.4 Å². The largest absolute Gasteiger partial charge is 0.496 e. The van der Waals surface area contributed by atoms with E-state index in [1.165, 1.54) is 11.3 Å². The number of nitrogens with one attached hydrogen (secondary N) is 1. The van der Waals surface area contributed by atoms with Crippen molar-refractivity contribution in [3.05, 3.63) is 54.6 Å². The zero-order valence-corrected chi connectivity index (χ0v) is 14.8. The molecule has 0 spiro atoms. The van der Waals surface area contributed by atoms with E-state index < -0.39 is 0 Å². The van der Waals surface area contributed by atoms with Crippen LogP contribution in [0.2, 0.25) is 0 Å². The van der Waals surface area contributed by atoms with Gasteiger partial charge < -0.3 is 15.8 Å². The van der Waals surface area contributed by atoms with Gasteiger partial charge in [0.05, 0.1) is 41.0 Å². The van der Waals surface area contributed by atoms with Crippen LogP contribution in [-0.2, 0) is 6.54 Å². The van der Waals surface area contributed by atoms with Crippen molar-refractivity contribution in [1.29, 1.82) is 0 Å². The monoisotopic (exact) mass is 364 g/mol. The van der Waals surface area contributed by atoms with Crippen LogP contribution in [0.25, 0.3) is 21.5 Å². The fourth-order valence-corrected chi connectivity index (χ4v) is 3.42. The molecule has 7 nitrogen and oxygen atoms in total. The minimum atomic E-state index is 0.578. The number of hydrogen-bond acceptors (Lipinski definition) is 8. The van der Waals surface area contributed by atoms with Crippen LogP contribution in [0.5, 0.6) is 5.75 Å². The van der Waals surface area contributed by atoms with Gasteiger partial charge in [0.2, 0.25) is 0 Å². The molecule has 4 rings (SSSR count). The van der Waals surface area contributed by atoms with Gasteiger partial charge in [-0.25, -0.2) is 9.97 Å². The zero-order valence-electron chi connectivity index (χ0n) is 14.0. The van der Waals surface area contributed by atoms with Gasteiger partial charge in [-0.05, 0) is 23.8 Å². The third-order valence-corrected chi connectivity index (χ3v) is 4.70. The van der Waals surface area contributed by atoms with Crippen molar-refractivity contribution < 1.29 is 4.74 Å². The molecule has 3 N–H and O–H groups in total. The number of fused-ring (bicyclic) bond motifs is 1. The highest BCUT2D eigenvalue weighted by atomic mass is 32.1. The molecule has 4 aromatic rings. The SMILES string of the molecule is COc1ccncc1-c1cncc(NCc2ccc3nc(N)sc3c2)n1. The van der Waals surface area contributed by atoms with Gasteiger partial charge in [0.15, 0.2) is 5.13 Å². The fraction of sp³-hybridized carbons (Fsp3) is 0.111. The van der Waals surface area contributed by atoms with Gasteiger partial charge in [-0.2, -0.15) is 0 Å². The Morgan fingerprint density at radius 3 is 2.92 bits per heavy atom. The molecule has 3 aromatic heterocycles. The number of hydrogen-bond donors (Lipinski definition) is 2. The van der Waals surface area contributed by atoms with Crippen LogP contribution in [0, 0.1) is 0 Å². The van der Waals surface area contributed by atoms with Crippen LogP contribution in [0.3, 0.4) is 0 Å². The molecule has 3 heterocycles. The summed E-state index contributed by atoms with van der Waals surface area (Å²) in [5.74, 6) is 1.39. The molecule has 0 aliphatic carbocycles. The summed E-state index contributed by atoms with van der Waals surface area (Å²) in [7, 11) is 1.62. The van der Waals surface area contributed by atoms with E-state index in [1.54, 1.807) is 38.0 Å². The minimum absolute atomic E-state index is 0.578. The summed E-state index contributed by atoms with van der Waals surface area (Å²) in [4.78, 5) is 17.3. The van der Waals surface area contributed by atoms with Crippen LogP contribution in [0.4, 0.5) is 10.9 Å². The van der Waals surface area contributed by atoms with E-state index >= 15 is 0 Å². The molecule has 26 heavy (non-hydrogen) atoms. The molecule has 0 atom stereocenters. The van der Waals surface area contributed by atoms with Crippen molar-refractivity contribution in [3.63, 3.8) is 0 Å². The molecule has 0 aliphatic rings. The molecule has 1 aromatic carbocycles. The first kappa shape index (κ1) is 16.2. The van der Waals surface area contributed by atoms with Crippen molar-refractivity contribution in [2.75, 3.05) is 18.2 Å². The number of pyridine rings is 1. The number of ether oxygens (including phenoxy) is 1. The maximum atomic E-state index is 5.76. The number of methoxy groups -OCH3 is 1. The van der Waals surface area contributed by atoms with Gasteiger partial charge in [-0.3, -0.25) is 9.97 Å². The number of benzene rings is 1. The Morgan fingerprint density at radius 2 is 2.04 bits per heavy atom. The lowest BCUT2D eigenvalue weighted by Gasteiger charge is -2.09. The molecule has 8 heteroatoms. The molecular weight excluding hydrogens is 348 g/mol. The average Bonchev–Trinajstić information content (AvgIpc) is 3.06. The quantitative estimate of drug-likeness (QED) is 0.560. The highest BCUT2D eigenvalue weighted by Gasteiger charge is 2.09.